The second-order valence-electron chi connectivity index (χ2n) is 3.98. The van der Waals surface area contributed by atoms with Gasteiger partial charge in [-0.1, -0.05) is 32.8 Å². The van der Waals surface area contributed by atoms with E-state index in [1.54, 1.807) is 12.1 Å². The van der Waals surface area contributed by atoms with Crippen LogP contribution in [0.15, 0.2) is 61.9 Å². The molecule has 2 aromatic carbocycles. The van der Waals surface area contributed by atoms with Crippen LogP contribution < -0.4 is 5.73 Å². The Labute approximate surface area is 132 Å². The normalized spacial score (nSPS) is 11.4. The Morgan fingerprint density at radius 3 is 2.52 bits per heavy atom. The number of rotatable bonds is 4. The summed E-state index contributed by atoms with van der Waals surface area (Å²) < 4.78 is 0.934. The van der Waals surface area contributed by atoms with Gasteiger partial charge >= 0.3 is 0 Å². The molecule has 0 amide bonds. The molecule has 0 heterocycles. The van der Waals surface area contributed by atoms with E-state index in [1.165, 1.54) is 17.8 Å². The molecule has 0 fully saturated rings. The van der Waals surface area contributed by atoms with E-state index >= 15 is 0 Å². The van der Waals surface area contributed by atoms with Gasteiger partial charge in [-0.2, -0.15) is 0 Å². The molecular formula is C13H10BrN3O3S. The summed E-state index contributed by atoms with van der Waals surface area (Å²) in [5, 5.41) is 22.6. The van der Waals surface area contributed by atoms with Gasteiger partial charge < -0.3 is 10.9 Å². The van der Waals surface area contributed by atoms with Crippen molar-refractivity contribution < 1.29 is 10.1 Å². The third kappa shape index (κ3) is 3.73. The van der Waals surface area contributed by atoms with Crippen molar-refractivity contribution in [1.82, 2.24) is 0 Å². The summed E-state index contributed by atoms with van der Waals surface area (Å²) in [6.07, 6.45) is 0. The first-order chi connectivity index (χ1) is 10.0. The highest BCUT2D eigenvalue weighted by molar-refractivity contribution is 9.10. The van der Waals surface area contributed by atoms with Gasteiger partial charge in [-0.25, -0.2) is 0 Å². The van der Waals surface area contributed by atoms with E-state index in [1.807, 2.05) is 24.3 Å². The minimum Gasteiger partial charge on any atom is -0.409 e. The van der Waals surface area contributed by atoms with E-state index < -0.39 is 4.92 Å². The fourth-order valence-corrected chi connectivity index (χ4v) is 2.76. The van der Waals surface area contributed by atoms with E-state index in [9.17, 15) is 10.1 Å². The Kier molecular flexibility index (Phi) is 4.81. The molecule has 0 aliphatic carbocycles. The number of nitrogens with two attached hydrogens (primary N) is 1. The molecule has 0 saturated heterocycles. The maximum absolute atomic E-state index is 11.2. The molecule has 0 aromatic heterocycles. The fourth-order valence-electron chi connectivity index (χ4n) is 1.59. The van der Waals surface area contributed by atoms with Crippen LogP contribution in [0.1, 0.15) is 5.56 Å². The average Bonchev–Trinajstić information content (AvgIpc) is 2.49. The fraction of sp³-hybridized carbons (Fsp3) is 0. The molecule has 8 heteroatoms. The lowest BCUT2D eigenvalue weighted by atomic mass is 10.2. The number of amidine groups is 1. The SMILES string of the molecule is NC(=NO)c1ccc(Sc2ccc(Br)cc2)c([N+](=O)[O-])c1. The highest BCUT2D eigenvalue weighted by Gasteiger charge is 2.17. The van der Waals surface area contributed by atoms with Gasteiger partial charge in [-0.15, -0.1) is 0 Å². The van der Waals surface area contributed by atoms with E-state index in [0.717, 1.165) is 9.37 Å². The third-order valence-electron chi connectivity index (χ3n) is 2.60. The van der Waals surface area contributed by atoms with Crippen molar-refractivity contribution in [3.63, 3.8) is 0 Å². The first-order valence-electron chi connectivity index (χ1n) is 5.71. The summed E-state index contributed by atoms with van der Waals surface area (Å²) in [6, 6.07) is 11.9. The third-order valence-corrected chi connectivity index (χ3v) is 4.20. The summed E-state index contributed by atoms with van der Waals surface area (Å²) in [4.78, 5) is 12.0. The average molecular weight is 368 g/mol. The number of nitrogens with zero attached hydrogens (tertiary/aromatic N) is 2. The standard InChI is InChI=1S/C13H10BrN3O3S/c14-9-2-4-10(5-3-9)21-12-6-1-8(13(15)16-18)7-11(12)17(19)20/h1-7,18H,(H2,15,16). The maximum Gasteiger partial charge on any atom is 0.283 e. The number of halogens is 1. The molecule has 0 radical (unpaired) electrons. The lowest BCUT2D eigenvalue weighted by molar-refractivity contribution is -0.387. The quantitative estimate of drug-likeness (QED) is 0.282. The summed E-state index contributed by atoms with van der Waals surface area (Å²) >= 11 is 4.61. The summed E-state index contributed by atoms with van der Waals surface area (Å²) in [5.74, 6) is -0.168. The zero-order valence-electron chi connectivity index (χ0n) is 10.6. The van der Waals surface area contributed by atoms with Gasteiger partial charge in [-0.05, 0) is 36.4 Å². The number of benzene rings is 2. The number of hydrogen-bond donors (Lipinski definition) is 2. The van der Waals surface area contributed by atoms with Crippen LogP contribution >= 0.6 is 27.7 Å². The number of nitro groups is 1. The van der Waals surface area contributed by atoms with E-state index in [-0.39, 0.29) is 11.5 Å². The van der Waals surface area contributed by atoms with Crippen molar-refractivity contribution in [3.8, 4) is 0 Å². The Hall–Kier alpha value is -2.06. The van der Waals surface area contributed by atoms with Gasteiger partial charge in [0.1, 0.15) is 0 Å². The largest absolute Gasteiger partial charge is 0.409 e. The number of hydrogen-bond acceptors (Lipinski definition) is 5. The Morgan fingerprint density at radius 2 is 1.95 bits per heavy atom. The summed E-state index contributed by atoms with van der Waals surface area (Å²) in [7, 11) is 0. The van der Waals surface area contributed by atoms with Gasteiger partial charge in [-0.3, -0.25) is 10.1 Å². The topological polar surface area (TPSA) is 102 Å². The second kappa shape index (κ2) is 6.59. The molecule has 21 heavy (non-hydrogen) atoms. The van der Waals surface area contributed by atoms with Gasteiger partial charge in [0.2, 0.25) is 0 Å². The molecule has 0 saturated carbocycles. The van der Waals surface area contributed by atoms with Crippen LogP contribution in [-0.2, 0) is 0 Å². The summed E-state index contributed by atoms with van der Waals surface area (Å²) in [5.41, 5.74) is 5.65. The molecule has 0 spiro atoms. The van der Waals surface area contributed by atoms with Crippen molar-refractivity contribution in [1.29, 1.82) is 0 Å². The monoisotopic (exact) mass is 367 g/mol. The molecule has 0 unspecified atom stereocenters. The Balaban J connectivity index is 2.39. The molecule has 2 rings (SSSR count). The minimum atomic E-state index is -0.491. The molecule has 0 atom stereocenters. The van der Waals surface area contributed by atoms with Gasteiger partial charge in [0, 0.05) is 21.0 Å². The molecule has 2 aromatic rings. The zero-order valence-corrected chi connectivity index (χ0v) is 13.0. The van der Waals surface area contributed by atoms with Crippen molar-refractivity contribution >= 4 is 39.2 Å². The van der Waals surface area contributed by atoms with Crippen LogP contribution in [0.5, 0.6) is 0 Å². The molecule has 0 aliphatic rings. The molecular weight excluding hydrogens is 358 g/mol. The van der Waals surface area contributed by atoms with E-state index in [2.05, 4.69) is 21.1 Å². The Bertz CT molecular complexity index is 704. The lowest BCUT2D eigenvalue weighted by Gasteiger charge is -2.05. The van der Waals surface area contributed by atoms with Gasteiger partial charge in [0.15, 0.2) is 5.84 Å². The molecule has 3 N–H and O–H groups in total. The first kappa shape index (κ1) is 15.3. The van der Waals surface area contributed by atoms with Gasteiger partial charge in [0.25, 0.3) is 5.69 Å². The lowest BCUT2D eigenvalue weighted by Crippen LogP contribution is -2.13. The highest BCUT2D eigenvalue weighted by Crippen LogP contribution is 2.35. The van der Waals surface area contributed by atoms with E-state index in [4.69, 9.17) is 10.9 Å². The van der Waals surface area contributed by atoms with Crippen molar-refractivity contribution in [2.75, 3.05) is 0 Å². The number of oxime groups is 1. The molecule has 6 nitrogen and oxygen atoms in total. The predicted octanol–water partition coefficient (Wildman–Crippen LogP) is 3.60. The van der Waals surface area contributed by atoms with Crippen molar-refractivity contribution in [2.45, 2.75) is 9.79 Å². The highest BCUT2D eigenvalue weighted by atomic mass is 79.9. The van der Waals surface area contributed by atoms with Crippen molar-refractivity contribution in [2.24, 2.45) is 10.9 Å². The smallest absolute Gasteiger partial charge is 0.283 e. The zero-order chi connectivity index (χ0) is 15.4. The molecule has 108 valence electrons. The van der Waals surface area contributed by atoms with Crippen LogP contribution in [0.2, 0.25) is 0 Å². The van der Waals surface area contributed by atoms with Crippen LogP contribution in [0.3, 0.4) is 0 Å². The van der Waals surface area contributed by atoms with Crippen LogP contribution in [0, 0.1) is 10.1 Å². The first-order valence-corrected chi connectivity index (χ1v) is 7.32. The Morgan fingerprint density at radius 1 is 1.29 bits per heavy atom. The van der Waals surface area contributed by atoms with Crippen LogP contribution in [0.25, 0.3) is 0 Å². The van der Waals surface area contributed by atoms with Crippen LogP contribution in [0.4, 0.5) is 5.69 Å². The molecule has 0 aliphatic heterocycles. The maximum atomic E-state index is 11.2. The predicted molar refractivity (Wildman–Crippen MR) is 83.9 cm³/mol. The number of nitro benzene ring substituents is 1. The molecule has 0 bridgehead atoms. The van der Waals surface area contributed by atoms with E-state index in [0.29, 0.717) is 10.5 Å². The summed E-state index contributed by atoms with van der Waals surface area (Å²) in [6.45, 7) is 0. The van der Waals surface area contributed by atoms with Gasteiger partial charge in [0.05, 0.1) is 9.82 Å². The second-order valence-corrected chi connectivity index (χ2v) is 6.01. The van der Waals surface area contributed by atoms with Crippen LogP contribution in [-0.4, -0.2) is 16.0 Å². The minimum absolute atomic E-state index is 0.0907. The van der Waals surface area contributed by atoms with Crippen molar-refractivity contribution in [3.05, 3.63) is 62.6 Å².